The van der Waals surface area contributed by atoms with Crippen LogP contribution in [-0.4, -0.2) is 20.9 Å². The van der Waals surface area contributed by atoms with Crippen LogP contribution in [0.3, 0.4) is 0 Å². The Hall–Kier alpha value is -3.77. The molecule has 2 N–H and O–H groups in total. The molecule has 0 unspecified atom stereocenters. The van der Waals surface area contributed by atoms with Crippen molar-refractivity contribution in [3.63, 3.8) is 0 Å². The van der Waals surface area contributed by atoms with E-state index in [1.165, 1.54) is 30.3 Å². The van der Waals surface area contributed by atoms with Gasteiger partial charge in [-0.15, -0.1) is 0 Å². The zero-order valence-corrected chi connectivity index (χ0v) is 17.3. The Bertz CT molecular complexity index is 1260. The summed E-state index contributed by atoms with van der Waals surface area (Å²) in [5.41, 5.74) is -0.173. The Kier molecular flexibility index (Phi) is 6.85. The number of hydrogen-bond acceptors (Lipinski definition) is 3. The van der Waals surface area contributed by atoms with Gasteiger partial charge in [-0.05, 0) is 54.6 Å². The van der Waals surface area contributed by atoms with E-state index in [0.29, 0.717) is 6.07 Å². The molecule has 1 amide bonds. The second-order valence-corrected chi connectivity index (χ2v) is 8.24. The molecule has 0 fully saturated rings. The minimum absolute atomic E-state index is 0.102. The van der Waals surface area contributed by atoms with Crippen molar-refractivity contribution in [3.8, 4) is 11.8 Å². The van der Waals surface area contributed by atoms with Crippen LogP contribution in [0.15, 0.2) is 83.8 Å². The Labute approximate surface area is 183 Å². The number of carbonyl (C=O) groups excluding carboxylic acids is 1. The van der Waals surface area contributed by atoms with Crippen LogP contribution >= 0.6 is 0 Å². The van der Waals surface area contributed by atoms with Gasteiger partial charge < -0.3 is 5.32 Å². The minimum Gasteiger partial charge on any atom is -0.341 e. The first-order chi connectivity index (χ1) is 15.1. The molecule has 9 heteroatoms. The molecule has 0 saturated carbocycles. The summed E-state index contributed by atoms with van der Waals surface area (Å²) in [6, 6.07) is 18.1. The van der Waals surface area contributed by atoms with Gasteiger partial charge in [-0.1, -0.05) is 36.1 Å². The molecular weight excluding hydrogens is 441 g/mol. The van der Waals surface area contributed by atoms with Gasteiger partial charge in [-0.25, -0.2) is 8.42 Å². The molecule has 3 rings (SSSR count). The van der Waals surface area contributed by atoms with Crippen molar-refractivity contribution >= 4 is 21.6 Å². The van der Waals surface area contributed by atoms with Gasteiger partial charge in [0.2, 0.25) is 0 Å². The van der Waals surface area contributed by atoms with Gasteiger partial charge in [0, 0.05) is 16.8 Å². The van der Waals surface area contributed by atoms with Gasteiger partial charge in [0.05, 0.1) is 17.0 Å². The third-order valence-electron chi connectivity index (χ3n) is 4.21. The zero-order valence-electron chi connectivity index (χ0n) is 16.5. The second kappa shape index (κ2) is 9.58. The molecule has 32 heavy (non-hydrogen) atoms. The van der Waals surface area contributed by atoms with Crippen molar-refractivity contribution in [1.29, 1.82) is 0 Å². The summed E-state index contributed by atoms with van der Waals surface area (Å²) in [6.45, 7) is 0.102. The van der Waals surface area contributed by atoms with Crippen molar-refractivity contribution in [2.45, 2.75) is 11.1 Å². The van der Waals surface area contributed by atoms with Crippen molar-refractivity contribution in [1.82, 2.24) is 5.32 Å². The lowest BCUT2D eigenvalue weighted by molar-refractivity contribution is -0.137. The summed E-state index contributed by atoms with van der Waals surface area (Å²) in [5.74, 6) is 5.26. The van der Waals surface area contributed by atoms with E-state index in [9.17, 15) is 26.4 Å². The standard InChI is InChI=1S/C23H17F3N2O3S/c24-23(25,26)19-9-4-10-20(16-19)28-32(30,31)21-13-11-18(12-14-21)22(29)27-15-5-8-17-6-2-1-3-7-17/h1-4,6-7,9-14,16,28H,15H2,(H,27,29). The number of amides is 1. The average molecular weight is 458 g/mol. The lowest BCUT2D eigenvalue weighted by Crippen LogP contribution is -2.23. The molecule has 0 aliphatic carbocycles. The Balaban J connectivity index is 1.64. The van der Waals surface area contributed by atoms with Crippen LogP contribution in [0.1, 0.15) is 21.5 Å². The molecule has 0 aliphatic rings. The largest absolute Gasteiger partial charge is 0.416 e. The van der Waals surface area contributed by atoms with Gasteiger partial charge in [-0.2, -0.15) is 13.2 Å². The van der Waals surface area contributed by atoms with Gasteiger partial charge >= 0.3 is 6.18 Å². The number of anilines is 1. The molecule has 3 aromatic rings. The third-order valence-corrected chi connectivity index (χ3v) is 5.61. The lowest BCUT2D eigenvalue weighted by Gasteiger charge is -2.11. The highest BCUT2D eigenvalue weighted by Gasteiger charge is 2.30. The number of alkyl halides is 3. The Morgan fingerprint density at radius 1 is 0.906 bits per heavy atom. The smallest absolute Gasteiger partial charge is 0.341 e. The summed E-state index contributed by atoms with van der Waals surface area (Å²) in [5, 5.41) is 2.60. The quantitative estimate of drug-likeness (QED) is 0.561. The maximum Gasteiger partial charge on any atom is 0.416 e. The van der Waals surface area contributed by atoms with Crippen LogP contribution in [-0.2, 0) is 16.2 Å². The van der Waals surface area contributed by atoms with E-state index < -0.39 is 27.7 Å². The molecule has 0 atom stereocenters. The van der Waals surface area contributed by atoms with Crippen molar-refractivity contribution in [2.75, 3.05) is 11.3 Å². The highest BCUT2D eigenvalue weighted by molar-refractivity contribution is 7.92. The Morgan fingerprint density at radius 2 is 1.59 bits per heavy atom. The highest BCUT2D eigenvalue weighted by Crippen LogP contribution is 2.31. The fourth-order valence-electron chi connectivity index (χ4n) is 2.65. The first kappa shape index (κ1) is 22.9. The number of carbonyl (C=O) groups is 1. The molecule has 0 saturated heterocycles. The predicted molar refractivity (Wildman–Crippen MR) is 114 cm³/mol. The van der Waals surface area contributed by atoms with E-state index in [-0.39, 0.29) is 22.7 Å². The van der Waals surface area contributed by atoms with E-state index in [0.717, 1.165) is 17.7 Å². The maximum absolute atomic E-state index is 12.8. The second-order valence-electron chi connectivity index (χ2n) is 6.56. The van der Waals surface area contributed by atoms with Crippen LogP contribution in [0.2, 0.25) is 0 Å². The van der Waals surface area contributed by atoms with Crippen LogP contribution in [0.25, 0.3) is 0 Å². The summed E-state index contributed by atoms with van der Waals surface area (Å²) in [4.78, 5) is 12.0. The molecule has 0 bridgehead atoms. The number of rotatable bonds is 5. The molecule has 5 nitrogen and oxygen atoms in total. The average Bonchev–Trinajstić information content (AvgIpc) is 2.77. The highest BCUT2D eigenvalue weighted by atomic mass is 32.2. The number of sulfonamides is 1. The van der Waals surface area contributed by atoms with E-state index >= 15 is 0 Å². The van der Waals surface area contributed by atoms with E-state index in [2.05, 4.69) is 21.9 Å². The molecular formula is C23H17F3N2O3S. The van der Waals surface area contributed by atoms with Crippen LogP contribution in [0.5, 0.6) is 0 Å². The molecule has 0 aliphatic heterocycles. The predicted octanol–water partition coefficient (Wildman–Crippen LogP) is 4.29. The molecule has 164 valence electrons. The van der Waals surface area contributed by atoms with Gasteiger partial charge in [0.25, 0.3) is 15.9 Å². The fraction of sp³-hybridized carbons (Fsp3) is 0.0870. The van der Waals surface area contributed by atoms with E-state index in [1.807, 2.05) is 30.3 Å². The van der Waals surface area contributed by atoms with Crippen LogP contribution in [0.4, 0.5) is 18.9 Å². The summed E-state index contributed by atoms with van der Waals surface area (Å²) in [7, 11) is -4.14. The van der Waals surface area contributed by atoms with Gasteiger partial charge in [0.1, 0.15) is 0 Å². The van der Waals surface area contributed by atoms with Crippen molar-refractivity contribution < 1.29 is 26.4 Å². The SMILES string of the molecule is O=C(NCC#Cc1ccccc1)c1ccc(S(=O)(=O)Nc2cccc(C(F)(F)F)c2)cc1. The maximum atomic E-state index is 12.8. The van der Waals surface area contributed by atoms with Crippen LogP contribution < -0.4 is 10.0 Å². The number of hydrogen-bond donors (Lipinski definition) is 2. The van der Waals surface area contributed by atoms with Crippen LogP contribution in [0, 0.1) is 11.8 Å². The topological polar surface area (TPSA) is 75.3 Å². The summed E-state index contributed by atoms with van der Waals surface area (Å²) >= 11 is 0. The number of nitrogens with one attached hydrogen (secondary N) is 2. The molecule has 0 heterocycles. The lowest BCUT2D eigenvalue weighted by atomic mass is 10.2. The molecule has 3 aromatic carbocycles. The molecule has 0 aromatic heterocycles. The number of benzene rings is 3. The summed E-state index contributed by atoms with van der Waals surface area (Å²) < 4.78 is 65.5. The van der Waals surface area contributed by atoms with Gasteiger partial charge in [0.15, 0.2) is 0 Å². The first-order valence-corrected chi connectivity index (χ1v) is 10.8. The zero-order chi connectivity index (χ0) is 23.2. The number of halogens is 3. The molecule has 0 radical (unpaired) electrons. The van der Waals surface area contributed by atoms with Crippen molar-refractivity contribution in [3.05, 3.63) is 95.6 Å². The van der Waals surface area contributed by atoms with Gasteiger partial charge in [-0.3, -0.25) is 9.52 Å². The normalized spacial score (nSPS) is 11.2. The Morgan fingerprint density at radius 3 is 2.25 bits per heavy atom. The first-order valence-electron chi connectivity index (χ1n) is 9.27. The minimum atomic E-state index is -4.60. The molecule has 0 spiro atoms. The fourth-order valence-corrected chi connectivity index (χ4v) is 3.70. The van der Waals surface area contributed by atoms with E-state index in [1.54, 1.807) is 0 Å². The third kappa shape index (κ3) is 6.12. The summed E-state index contributed by atoms with van der Waals surface area (Å²) in [6.07, 6.45) is -4.60. The van der Waals surface area contributed by atoms with E-state index in [4.69, 9.17) is 0 Å². The monoisotopic (exact) mass is 458 g/mol. The van der Waals surface area contributed by atoms with Crippen molar-refractivity contribution in [2.24, 2.45) is 0 Å².